The van der Waals surface area contributed by atoms with Crippen LogP contribution in [0.5, 0.6) is 0 Å². The number of hydrogen-bond acceptors (Lipinski definition) is 3. The summed E-state index contributed by atoms with van der Waals surface area (Å²) in [5.41, 5.74) is 0. The lowest BCUT2D eigenvalue weighted by Crippen LogP contribution is -2.46. The Balaban J connectivity index is 1.82. The van der Waals surface area contributed by atoms with E-state index in [0.29, 0.717) is 24.5 Å². The van der Waals surface area contributed by atoms with E-state index >= 15 is 0 Å². The summed E-state index contributed by atoms with van der Waals surface area (Å²) in [4.78, 5) is 16.5. The Morgan fingerprint density at radius 2 is 2.06 bits per heavy atom. The number of carbonyl (C=O) groups excluding carboxylic acids is 1. The van der Waals surface area contributed by atoms with Crippen molar-refractivity contribution >= 4 is 5.91 Å². The van der Waals surface area contributed by atoms with Crippen LogP contribution in [0, 0.1) is 0 Å². The highest BCUT2D eigenvalue weighted by molar-refractivity contribution is 5.78. The number of likely N-dealkylation sites (tertiary alicyclic amines) is 1. The molecule has 0 aromatic rings. The van der Waals surface area contributed by atoms with Crippen LogP contribution < -0.4 is 5.32 Å². The summed E-state index contributed by atoms with van der Waals surface area (Å²) in [5, 5.41) is 3.52. The lowest BCUT2D eigenvalue weighted by molar-refractivity contribution is -0.131. The van der Waals surface area contributed by atoms with E-state index < -0.39 is 0 Å². The Morgan fingerprint density at radius 3 is 2.61 bits per heavy atom. The average Bonchev–Trinajstić information content (AvgIpc) is 3.00. The summed E-state index contributed by atoms with van der Waals surface area (Å²) < 4.78 is 0. The van der Waals surface area contributed by atoms with Crippen molar-refractivity contribution < 1.29 is 4.79 Å². The van der Waals surface area contributed by atoms with Gasteiger partial charge in [0.2, 0.25) is 5.91 Å². The third kappa shape index (κ3) is 3.69. The topological polar surface area (TPSA) is 35.6 Å². The van der Waals surface area contributed by atoms with Crippen LogP contribution in [0.15, 0.2) is 0 Å². The molecule has 0 spiro atoms. The zero-order valence-corrected chi connectivity index (χ0v) is 11.8. The highest BCUT2D eigenvalue weighted by atomic mass is 16.2. The molecule has 4 nitrogen and oxygen atoms in total. The van der Waals surface area contributed by atoms with Crippen molar-refractivity contribution in [3.63, 3.8) is 0 Å². The molecule has 2 heterocycles. The van der Waals surface area contributed by atoms with Crippen LogP contribution in [0.25, 0.3) is 0 Å². The first-order valence-electron chi connectivity index (χ1n) is 7.42. The zero-order chi connectivity index (χ0) is 13.0. The second-order valence-electron chi connectivity index (χ2n) is 5.90. The van der Waals surface area contributed by atoms with Gasteiger partial charge in [-0.25, -0.2) is 0 Å². The molecule has 2 aliphatic heterocycles. The standard InChI is InChI=1S/C14H27N3O/c1-12(2)17(10-13-6-5-7-15-13)11-14(18)16-8-3-4-9-16/h12-13,15H,3-11H2,1-2H3. The average molecular weight is 253 g/mol. The van der Waals surface area contributed by atoms with Gasteiger partial charge >= 0.3 is 0 Å². The minimum Gasteiger partial charge on any atom is -0.342 e. The maximum atomic E-state index is 12.2. The first kappa shape index (κ1) is 13.8. The fourth-order valence-corrected chi connectivity index (χ4v) is 2.89. The number of carbonyl (C=O) groups is 1. The minimum atomic E-state index is 0.319. The Hall–Kier alpha value is -0.610. The van der Waals surface area contributed by atoms with E-state index in [2.05, 4.69) is 24.1 Å². The molecule has 0 aromatic carbocycles. The molecule has 18 heavy (non-hydrogen) atoms. The second kappa shape index (κ2) is 6.53. The normalized spacial score (nSPS) is 24.4. The molecule has 1 unspecified atom stereocenters. The third-order valence-corrected chi connectivity index (χ3v) is 4.14. The molecule has 0 bridgehead atoms. The van der Waals surface area contributed by atoms with Gasteiger partial charge in [-0.05, 0) is 46.1 Å². The number of rotatable bonds is 5. The van der Waals surface area contributed by atoms with E-state index in [0.717, 1.165) is 26.2 Å². The molecule has 2 rings (SSSR count). The van der Waals surface area contributed by atoms with Crippen molar-refractivity contribution in [3.8, 4) is 0 Å². The van der Waals surface area contributed by atoms with Crippen molar-refractivity contribution in [1.82, 2.24) is 15.1 Å². The van der Waals surface area contributed by atoms with Crippen LogP contribution >= 0.6 is 0 Å². The predicted octanol–water partition coefficient (Wildman–Crippen LogP) is 1.07. The Morgan fingerprint density at radius 1 is 1.33 bits per heavy atom. The molecular formula is C14H27N3O. The minimum absolute atomic E-state index is 0.319. The van der Waals surface area contributed by atoms with Crippen LogP contribution in [-0.2, 0) is 4.79 Å². The van der Waals surface area contributed by atoms with Crippen molar-refractivity contribution in [1.29, 1.82) is 0 Å². The molecule has 4 heteroatoms. The van der Waals surface area contributed by atoms with Gasteiger partial charge in [0, 0.05) is 31.7 Å². The van der Waals surface area contributed by atoms with E-state index in [1.165, 1.54) is 25.7 Å². The molecule has 1 N–H and O–H groups in total. The highest BCUT2D eigenvalue weighted by Crippen LogP contribution is 2.12. The van der Waals surface area contributed by atoms with Gasteiger partial charge < -0.3 is 10.2 Å². The van der Waals surface area contributed by atoms with Gasteiger partial charge in [0.25, 0.3) is 0 Å². The summed E-state index contributed by atoms with van der Waals surface area (Å²) in [6.45, 7) is 9.04. The molecule has 0 aliphatic carbocycles. The van der Waals surface area contributed by atoms with Gasteiger partial charge in [-0.15, -0.1) is 0 Å². The summed E-state index contributed by atoms with van der Waals surface area (Å²) in [7, 11) is 0. The Kier molecular flexibility index (Phi) is 5.01. The van der Waals surface area contributed by atoms with Crippen molar-refractivity contribution in [2.24, 2.45) is 0 Å². The largest absolute Gasteiger partial charge is 0.342 e. The second-order valence-corrected chi connectivity index (χ2v) is 5.90. The summed E-state index contributed by atoms with van der Waals surface area (Å²) >= 11 is 0. The molecule has 1 atom stereocenters. The van der Waals surface area contributed by atoms with E-state index in [9.17, 15) is 4.79 Å². The maximum absolute atomic E-state index is 12.2. The van der Waals surface area contributed by atoms with Crippen molar-refractivity contribution in [3.05, 3.63) is 0 Å². The number of nitrogens with zero attached hydrogens (tertiary/aromatic N) is 2. The van der Waals surface area contributed by atoms with Crippen molar-refractivity contribution in [2.45, 2.75) is 51.6 Å². The molecular weight excluding hydrogens is 226 g/mol. The molecule has 2 aliphatic rings. The van der Waals surface area contributed by atoms with Crippen LogP contribution in [0.1, 0.15) is 39.5 Å². The Labute approximate surface area is 111 Å². The first-order valence-corrected chi connectivity index (χ1v) is 7.42. The smallest absolute Gasteiger partial charge is 0.236 e. The van der Waals surface area contributed by atoms with Gasteiger partial charge in [-0.1, -0.05) is 0 Å². The van der Waals surface area contributed by atoms with Gasteiger partial charge in [-0.2, -0.15) is 0 Å². The SMILES string of the molecule is CC(C)N(CC(=O)N1CCCC1)CC1CCCN1. The van der Waals surface area contributed by atoms with E-state index in [1.54, 1.807) is 0 Å². The number of hydrogen-bond donors (Lipinski definition) is 1. The van der Waals surface area contributed by atoms with Gasteiger partial charge in [0.05, 0.1) is 6.54 Å². The lowest BCUT2D eigenvalue weighted by atomic mass is 10.2. The van der Waals surface area contributed by atoms with Crippen LogP contribution in [0.2, 0.25) is 0 Å². The summed E-state index contributed by atoms with van der Waals surface area (Å²) in [5.74, 6) is 0.319. The lowest BCUT2D eigenvalue weighted by Gasteiger charge is -2.30. The van der Waals surface area contributed by atoms with E-state index in [-0.39, 0.29) is 0 Å². The zero-order valence-electron chi connectivity index (χ0n) is 11.8. The van der Waals surface area contributed by atoms with Crippen LogP contribution in [-0.4, -0.2) is 60.5 Å². The number of nitrogens with one attached hydrogen (secondary N) is 1. The van der Waals surface area contributed by atoms with Gasteiger partial charge in [0.1, 0.15) is 0 Å². The van der Waals surface area contributed by atoms with Gasteiger partial charge in [0.15, 0.2) is 0 Å². The maximum Gasteiger partial charge on any atom is 0.236 e. The van der Waals surface area contributed by atoms with Crippen molar-refractivity contribution in [2.75, 3.05) is 32.7 Å². The van der Waals surface area contributed by atoms with E-state index in [4.69, 9.17) is 0 Å². The third-order valence-electron chi connectivity index (χ3n) is 4.14. The summed E-state index contributed by atoms with van der Waals surface area (Å²) in [6.07, 6.45) is 4.88. The number of amides is 1. The highest BCUT2D eigenvalue weighted by Gasteiger charge is 2.24. The first-order chi connectivity index (χ1) is 8.66. The van der Waals surface area contributed by atoms with Crippen LogP contribution in [0.3, 0.4) is 0 Å². The molecule has 0 aromatic heterocycles. The van der Waals surface area contributed by atoms with Gasteiger partial charge in [-0.3, -0.25) is 9.69 Å². The van der Waals surface area contributed by atoms with E-state index in [1.807, 2.05) is 4.90 Å². The molecule has 1 amide bonds. The molecule has 0 radical (unpaired) electrons. The fourth-order valence-electron chi connectivity index (χ4n) is 2.89. The predicted molar refractivity (Wildman–Crippen MR) is 73.5 cm³/mol. The summed E-state index contributed by atoms with van der Waals surface area (Å²) in [6, 6.07) is 1.03. The monoisotopic (exact) mass is 253 g/mol. The molecule has 0 saturated carbocycles. The van der Waals surface area contributed by atoms with Crippen LogP contribution in [0.4, 0.5) is 0 Å². The quantitative estimate of drug-likeness (QED) is 0.796. The molecule has 2 fully saturated rings. The molecule has 104 valence electrons. The fraction of sp³-hybridized carbons (Fsp3) is 0.929. The Bertz CT molecular complexity index is 268. The molecule has 2 saturated heterocycles.